The fraction of sp³-hybridized carbons (Fsp3) is 0.500. The average Bonchev–Trinajstić information content (AvgIpc) is 2.85. The van der Waals surface area contributed by atoms with Crippen molar-refractivity contribution in [3.8, 4) is 0 Å². The van der Waals surface area contributed by atoms with Crippen LogP contribution in [0.15, 0.2) is 47.1 Å². The zero-order chi connectivity index (χ0) is 19.3. The Balaban J connectivity index is 2.33. The molecule has 1 saturated heterocycles. The van der Waals surface area contributed by atoms with Crippen LogP contribution < -0.4 is 0 Å². The SMILES string of the molecule is C=C1C(=O)O[C@@H]2/C=C(/C)CC/C=C(/C)C[C@@H](OC(=O)C=C(CO)CO)[C@@H]12. The maximum atomic E-state index is 12.2. The Morgan fingerprint density at radius 1 is 1.35 bits per heavy atom. The molecule has 26 heavy (non-hydrogen) atoms. The Labute approximate surface area is 153 Å². The van der Waals surface area contributed by atoms with Gasteiger partial charge in [0.25, 0.3) is 0 Å². The number of hydrogen-bond acceptors (Lipinski definition) is 6. The maximum Gasteiger partial charge on any atom is 0.334 e. The van der Waals surface area contributed by atoms with Gasteiger partial charge in [-0.05, 0) is 38.3 Å². The predicted octanol–water partition coefficient (Wildman–Crippen LogP) is 1.98. The monoisotopic (exact) mass is 362 g/mol. The Hall–Kier alpha value is -2.18. The summed E-state index contributed by atoms with van der Waals surface area (Å²) >= 11 is 0. The van der Waals surface area contributed by atoms with Gasteiger partial charge >= 0.3 is 11.9 Å². The van der Waals surface area contributed by atoms with E-state index in [2.05, 4.69) is 12.7 Å². The van der Waals surface area contributed by atoms with Gasteiger partial charge in [0, 0.05) is 18.1 Å². The highest BCUT2D eigenvalue weighted by atomic mass is 16.6. The number of carbonyl (C=O) groups is 2. The molecule has 0 aromatic carbocycles. The van der Waals surface area contributed by atoms with Crippen LogP contribution in [0.1, 0.15) is 33.1 Å². The summed E-state index contributed by atoms with van der Waals surface area (Å²) in [5.74, 6) is -1.62. The molecule has 1 aliphatic carbocycles. The van der Waals surface area contributed by atoms with Crippen molar-refractivity contribution < 1.29 is 29.3 Å². The van der Waals surface area contributed by atoms with Crippen molar-refractivity contribution in [3.63, 3.8) is 0 Å². The van der Waals surface area contributed by atoms with Crippen LogP contribution in [0.5, 0.6) is 0 Å². The number of rotatable bonds is 4. The number of hydrogen-bond donors (Lipinski definition) is 2. The van der Waals surface area contributed by atoms with E-state index in [-0.39, 0.29) is 5.57 Å². The topological polar surface area (TPSA) is 93.1 Å². The van der Waals surface area contributed by atoms with Crippen LogP contribution in [-0.4, -0.2) is 47.6 Å². The molecule has 1 heterocycles. The summed E-state index contributed by atoms with van der Waals surface area (Å²) in [5.41, 5.74) is 2.60. The van der Waals surface area contributed by atoms with Crippen molar-refractivity contribution in [2.45, 2.75) is 45.3 Å². The lowest BCUT2D eigenvalue weighted by Gasteiger charge is -2.27. The zero-order valence-corrected chi connectivity index (χ0v) is 15.2. The van der Waals surface area contributed by atoms with Crippen LogP contribution in [0.4, 0.5) is 0 Å². The fourth-order valence-electron chi connectivity index (χ4n) is 3.22. The van der Waals surface area contributed by atoms with Crippen molar-refractivity contribution in [1.29, 1.82) is 0 Å². The summed E-state index contributed by atoms with van der Waals surface area (Å²) in [6, 6.07) is 0. The molecule has 0 aromatic heterocycles. The van der Waals surface area contributed by atoms with Gasteiger partial charge in [0.15, 0.2) is 0 Å². The molecule has 0 unspecified atom stereocenters. The minimum Gasteiger partial charge on any atom is -0.458 e. The number of aliphatic hydroxyl groups excluding tert-OH is 2. The van der Waals surface area contributed by atoms with Gasteiger partial charge in [0.05, 0.1) is 19.1 Å². The van der Waals surface area contributed by atoms with E-state index in [1.165, 1.54) is 0 Å². The first-order valence-corrected chi connectivity index (χ1v) is 8.70. The quantitative estimate of drug-likeness (QED) is 0.451. The first kappa shape index (κ1) is 20.1. The number of aliphatic hydroxyl groups is 2. The van der Waals surface area contributed by atoms with E-state index in [9.17, 15) is 9.59 Å². The summed E-state index contributed by atoms with van der Waals surface area (Å²) in [6.07, 6.45) is 6.12. The molecular formula is C20H26O6. The molecule has 1 aliphatic heterocycles. The van der Waals surface area contributed by atoms with Crippen LogP contribution >= 0.6 is 0 Å². The highest BCUT2D eigenvalue weighted by Gasteiger charge is 2.44. The van der Waals surface area contributed by atoms with Crippen LogP contribution in [0, 0.1) is 5.92 Å². The van der Waals surface area contributed by atoms with Crippen molar-refractivity contribution in [1.82, 2.24) is 0 Å². The molecule has 0 aromatic rings. The number of carbonyl (C=O) groups excluding carboxylic acids is 2. The third kappa shape index (κ3) is 4.93. The largest absolute Gasteiger partial charge is 0.458 e. The lowest BCUT2D eigenvalue weighted by Crippen LogP contribution is -2.33. The molecule has 0 radical (unpaired) electrons. The zero-order valence-electron chi connectivity index (χ0n) is 15.2. The standard InChI is InChI=1S/C20H26O6/c1-12-5-4-6-13(2)8-17-19(14(3)20(24)26-17)16(7-12)25-18(23)9-15(10-21)11-22/h5,8-9,16-17,19,21-22H,3-4,6-7,10-11H2,1-2H3/b12-5-,13-8-/t16-,17-,19-/m1/s1. The number of allylic oxidation sites excluding steroid dienone is 2. The van der Waals surface area contributed by atoms with E-state index in [1.54, 1.807) is 0 Å². The molecule has 0 bridgehead atoms. The van der Waals surface area contributed by atoms with Gasteiger partial charge < -0.3 is 19.7 Å². The Kier molecular flexibility index (Phi) is 6.94. The molecule has 6 nitrogen and oxygen atoms in total. The first-order chi connectivity index (χ1) is 12.3. The van der Waals surface area contributed by atoms with Gasteiger partial charge in [0.2, 0.25) is 0 Å². The van der Waals surface area contributed by atoms with Gasteiger partial charge in [0.1, 0.15) is 12.2 Å². The molecule has 142 valence electrons. The summed E-state index contributed by atoms with van der Waals surface area (Å²) in [4.78, 5) is 24.3. The summed E-state index contributed by atoms with van der Waals surface area (Å²) < 4.78 is 11.0. The number of fused-ring (bicyclic) bond motifs is 1. The third-order valence-corrected chi connectivity index (χ3v) is 4.66. The van der Waals surface area contributed by atoms with Crippen LogP contribution in [0.25, 0.3) is 0 Å². The van der Waals surface area contributed by atoms with Crippen molar-refractivity contribution >= 4 is 11.9 Å². The minimum absolute atomic E-state index is 0.159. The molecule has 2 aliphatic rings. The van der Waals surface area contributed by atoms with Crippen LogP contribution in [0.3, 0.4) is 0 Å². The molecule has 0 amide bonds. The fourth-order valence-corrected chi connectivity index (χ4v) is 3.22. The summed E-state index contributed by atoms with van der Waals surface area (Å²) in [7, 11) is 0. The van der Waals surface area contributed by atoms with Crippen molar-refractivity contribution in [2.75, 3.05) is 13.2 Å². The van der Waals surface area contributed by atoms with E-state index in [1.807, 2.05) is 19.9 Å². The second-order valence-electron chi connectivity index (χ2n) is 6.82. The third-order valence-electron chi connectivity index (χ3n) is 4.66. The minimum atomic E-state index is -0.676. The highest BCUT2D eigenvalue weighted by Crippen LogP contribution is 2.36. The highest BCUT2D eigenvalue weighted by molar-refractivity contribution is 5.91. The van der Waals surface area contributed by atoms with E-state index in [0.29, 0.717) is 12.0 Å². The van der Waals surface area contributed by atoms with Crippen molar-refractivity contribution in [3.05, 3.63) is 47.1 Å². The van der Waals surface area contributed by atoms with E-state index in [0.717, 1.165) is 30.1 Å². The maximum absolute atomic E-state index is 12.2. The number of ether oxygens (including phenoxy) is 2. The smallest absolute Gasteiger partial charge is 0.334 e. The van der Waals surface area contributed by atoms with Gasteiger partial charge in [-0.15, -0.1) is 0 Å². The van der Waals surface area contributed by atoms with Gasteiger partial charge in [-0.3, -0.25) is 0 Å². The van der Waals surface area contributed by atoms with Gasteiger partial charge in [-0.25, -0.2) is 9.59 Å². The normalized spacial score (nSPS) is 30.2. The average molecular weight is 362 g/mol. The number of esters is 2. The Morgan fingerprint density at radius 2 is 2.04 bits per heavy atom. The predicted molar refractivity (Wildman–Crippen MR) is 96.0 cm³/mol. The second-order valence-corrected chi connectivity index (χ2v) is 6.82. The molecule has 1 fully saturated rings. The molecule has 3 atom stereocenters. The lowest BCUT2D eigenvalue weighted by atomic mass is 9.85. The molecule has 6 heteroatoms. The van der Waals surface area contributed by atoms with E-state index >= 15 is 0 Å². The molecule has 0 spiro atoms. The molecule has 2 N–H and O–H groups in total. The molecular weight excluding hydrogens is 336 g/mol. The van der Waals surface area contributed by atoms with Gasteiger partial charge in [-0.1, -0.05) is 23.8 Å². The van der Waals surface area contributed by atoms with E-state index in [4.69, 9.17) is 19.7 Å². The van der Waals surface area contributed by atoms with Crippen LogP contribution in [-0.2, 0) is 19.1 Å². The molecule has 0 saturated carbocycles. The summed E-state index contributed by atoms with van der Waals surface area (Å²) in [6.45, 7) is 6.91. The van der Waals surface area contributed by atoms with Gasteiger partial charge in [-0.2, -0.15) is 0 Å². The lowest BCUT2D eigenvalue weighted by molar-refractivity contribution is -0.146. The van der Waals surface area contributed by atoms with Crippen molar-refractivity contribution in [2.24, 2.45) is 5.92 Å². The molecule has 2 rings (SSSR count). The Bertz CT molecular complexity index is 664. The second kappa shape index (κ2) is 8.96. The Morgan fingerprint density at radius 3 is 2.69 bits per heavy atom. The summed E-state index contributed by atoms with van der Waals surface area (Å²) in [5, 5.41) is 18.2. The van der Waals surface area contributed by atoms with Crippen LogP contribution in [0.2, 0.25) is 0 Å². The first-order valence-electron chi connectivity index (χ1n) is 8.70. The van der Waals surface area contributed by atoms with E-state index < -0.39 is 43.3 Å².